The fourth-order valence-corrected chi connectivity index (χ4v) is 2.58. The molecule has 0 bridgehead atoms. The standard InChI is InChI=1S/C14H20N3O3S.ClH/c1-3-21(19,20)15-13-6-4-12(5-7-13)14(18)10-17-9-8-16(2)11-17;/h4-9,11,14-15,18H,3,10H2,1-2H3;1H/q+1;/p-1. The van der Waals surface area contributed by atoms with E-state index in [-0.39, 0.29) is 18.2 Å². The largest absolute Gasteiger partial charge is 1.00 e. The van der Waals surface area contributed by atoms with Gasteiger partial charge in [0.15, 0.2) is 0 Å². The van der Waals surface area contributed by atoms with Crippen LogP contribution in [0.5, 0.6) is 0 Å². The van der Waals surface area contributed by atoms with E-state index in [0.717, 1.165) is 5.56 Å². The minimum Gasteiger partial charge on any atom is -1.00 e. The van der Waals surface area contributed by atoms with Crippen molar-refractivity contribution in [2.45, 2.75) is 19.6 Å². The Labute approximate surface area is 136 Å². The molecule has 22 heavy (non-hydrogen) atoms. The summed E-state index contributed by atoms with van der Waals surface area (Å²) in [6, 6.07) is 6.76. The molecule has 0 aliphatic carbocycles. The number of aromatic nitrogens is 2. The monoisotopic (exact) mass is 345 g/mol. The highest BCUT2D eigenvalue weighted by molar-refractivity contribution is 7.92. The van der Waals surface area contributed by atoms with Gasteiger partial charge in [0.25, 0.3) is 0 Å². The average Bonchev–Trinajstić information content (AvgIpc) is 2.84. The average molecular weight is 346 g/mol. The van der Waals surface area contributed by atoms with E-state index in [2.05, 4.69) is 4.72 Å². The zero-order valence-corrected chi connectivity index (χ0v) is 14.0. The van der Waals surface area contributed by atoms with Gasteiger partial charge in [-0.1, -0.05) is 12.1 Å². The summed E-state index contributed by atoms with van der Waals surface area (Å²) in [6.45, 7) is 2.03. The molecule has 0 spiro atoms. The van der Waals surface area contributed by atoms with Crippen LogP contribution >= 0.6 is 0 Å². The fraction of sp³-hybridized carbons (Fsp3) is 0.357. The van der Waals surface area contributed by atoms with Gasteiger partial charge >= 0.3 is 0 Å². The number of aryl methyl sites for hydroxylation is 1. The molecule has 1 aromatic carbocycles. The first-order chi connectivity index (χ1) is 9.89. The number of aliphatic hydroxyl groups excluding tert-OH is 1. The van der Waals surface area contributed by atoms with Crippen LogP contribution in [0.3, 0.4) is 0 Å². The normalized spacial score (nSPS) is 12.5. The van der Waals surface area contributed by atoms with Gasteiger partial charge in [-0.25, -0.2) is 17.6 Å². The van der Waals surface area contributed by atoms with E-state index in [9.17, 15) is 13.5 Å². The lowest BCUT2D eigenvalue weighted by Crippen LogP contribution is -3.00. The van der Waals surface area contributed by atoms with E-state index in [0.29, 0.717) is 12.2 Å². The van der Waals surface area contributed by atoms with Crippen LogP contribution in [0.1, 0.15) is 18.6 Å². The Morgan fingerprint density at radius 1 is 1.32 bits per heavy atom. The van der Waals surface area contributed by atoms with Gasteiger partial charge in [0.2, 0.25) is 16.4 Å². The first-order valence-electron chi connectivity index (χ1n) is 6.69. The Kier molecular flexibility index (Phi) is 6.40. The molecule has 2 aromatic rings. The number of rotatable bonds is 6. The van der Waals surface area contributed by atoms with Crippen molar-refractivity contribution in [2.24, 2.45) is 7.05 Å². The van der Waals surface area contributed by atoms with Crippen LogP contribution < -0.4 is 21.7 Å². The van der Waals surface area contributed by atoms with E-state index in [1.54, 1.807) is 31.2 Å². The Morgan fingerprint density at radius 2 is 1.95 bits per heavy atom. The van der Waals surface area contributed by atoms with Crippen LogP contribution in [-0.2, 0) is 23.6 Å². The summed E-state index contributed by atoms with van der Waals surface area (Å²) in [6.07, 6.45) is 5.02. The SMILES string of the molecule is CCS(=O)(=O)Nc1ccc(C(O)Cn2cc[n+](C)c2)cc1.[Cl-]. The van der Waals surface area contributed by atoms with Crippen LogP contribution in [0.2, 0.25) is 0 Å². The molecule has 2 rings (SSSR count). The lowest BCUT2D eigenvalue weighted by atomic mass is 10.1. The topological polar surface area (TPSA) is 75.2 Å². The van der Waals surface area contributed by atoms with Crippen LogP contribution in [-0.4, -0.2) is 23.8 Å². The molecular weight excluding hydrogens is 326 g/mol. The third-order valence-corrected chi connectivity index (χ3v) is 4.46. The molecule has 1 atom stereocenters. The van der Waals surface area contributed by atoms with Crippen molar-refractivity contribution in [1.82, 2.24) is 4.57 Å². The number of nitrogens with one attached hydrogen (secondary N) is 1. The van der Waals surface area contributed by atoms with Gasteiger partial charge in [-0.05, 0) is 24.6 Å². The van der Waals surface area contributed by atoms with Crippen molar-refractivity contribution in [2.75, 3.05) is 10.5 Å². The Balaban J connectivity index is 0.00000242. The molecule has 0 aliphatic heterocycles. The number of hydrogen-bond acceptors (Lipinski definition) is 3. The second kappa shape index (κ2) is 7.62. The number of nitrogens with zero attached hydrogens (tertiary/aromatic N) is 2. The molecule has 6 nitrogen and oxygen atoms in total. The number of anilines is 1. The maximum Gasteiger partial charge on any atom is 0.243 e. The van der Waals surface area contributed by atoms with Crippen molar-refractivity contribution in [3.05, 3.63) is 48.5 Å². The van der Waals surface area contributed by atoms with Gasteiger partial charge < -0.3 is 17.5 Å². The van der Waals surface area contributed by atoms with Gasteiger partial charge in [0.1, 0.15) is 25.0 Å². The van der Waals surface area contributed by atoms with Crippen molar-refractivity contribution >= 4 is 15.7 Å². The third kappa shape index (κ3) is 5.01. The van der Waals surface area contributed by atoms with E-state index in [1.165, 1.54) is 0 Å². The molecule has 0 fully saturated rings. The van der Waals surface area contributed by atoms with Crippen molar-refractivity contribution in [3.63, 3.8) is 0 Å². The Bertz CT molecular complexity index is 698. The summed E-state index contributed by atoms with van der Waals surface area (Å²) in [7, 11) is -1.36. The highest BCUT2D eigenvalue weighted by Crippen LogP contribution is 2.18. The number of hydrogen-bond donors (Lipinski definition) is 2. The highest BCUT2D eigenvalue weighted by Gasteiger charge is 2.13. The van der Waals surface area contributed by atoms with Gasteiger partial charge in [0.05, 0.1) is 12.8 Å². The minimum absolute atomic E-state index is 0. The van der Waals surface area contributed by atoms with E-state index in [1.807, 2.05) is 34.9 Å². The van der Waals surface area contributed by atoms with E-state index >= 15 is 0 Å². The second-order valence-electron chi connectivity index (χ2n) is 4.92. The summed E-state index contributed by atoms with van der Waals surface area (Å²) in [5.74, 6) is 0.0298. The number of imidazole rings is 1. The zero-order valence-electron chi connectivity index (χ0n) is 12.5. The first-order valence-corrected chi connectivity index (χ1v) is 8.34. The molecule has 8 heteroatoms. The molecule has 122 valence electrons. The maximum atomic E-state index is 11.5. The predicted octanol–water partition coefficient (Wildman–Crippen LogP) is -2.19. The summed E-state index contributed by atoms with van der Waals surface area (Å²) >= 11 is 0. The quantitative estimate of drug-likeness (QED) is 0.584. The smallest absolute Gasteiger partial charge is 0.243 e. The molecule has 2 N–H and O–H groups in total. The maximum absolute atomic E-state index is 11.5. The molecule has 0 radical (unpaired) electrons. The number of aliphatic hydroxyl groups is 1. The molecular formula is C14H20ClN3O3S. The van der Waals surface area contributed by atoms with Gasteiger partial charge in [0, 0.05) is 5.69 Å². The summed E-state index contributed by atoms with van der Waals surface area (Å²) in [4.78, 5) is 0. The molecule has 0 saturated heterocycles. The minimum atomic E-state index is -3.27. The molecule has 1 unspecified atom stereocenters. The van der Waals surface area contributed by atoms with E-state index in [4.69, 9.17) is 0 Å². The van der Waals surface area contributed by atoms with Crippen LogP contribution in [0.4, 0.5) is 5.69 Å². The molecule has 1 aromatic heterocycles. The molecule has 1 heterocycles. The van der Waals surface area contributed by atoms with Gasteiger partial charge in [-0.15, -0.1) is 0 Å². The van der Waals surface area contributed by atoms with Gasteiger partial charge in [-0.2, -0.15) is 0 Å². The van der Waals surface area contributed by atoms with Crippen molar-refractivity contribution in [3.8, 4) is 0 Å². The summed E-state index contributed by atoms with van der Waals surface area (Å²) in [5, 5.41) is 10.2. The molecule has 0 amide bonds. The number of sulfonamides is 1. The zero-order chi connectivity index (χ0) is 15.5. The number of benzene rings is 1. The Morgan fingerprint density at radius 3 is 2.45 bits per heavy atom. The summed E-state index contributed by atoms with van der Waals surface area (Å²) in [5.41, 5.74) is 1.24. The highest BCUT2D eigenvalue weighted by atomic mass is 35.5. The van der Waals surface area contributed by atoms with Gasteiger partial charge in [-0.3, -0.25) is 4.72 Å². The van der Waals surface area contributed by atoms with Crippen LogP contribution in [0.25, 0.3) is 0 Å². The van der Waals surface area contributed by atoms with Crippen LogP contribution in [0.15, 0.2) is 43.0 Å². The lowest BCUT2D eigenvalue weighted by Gasteiger charge is -2.10. The second-order valence-corrected chi connectivity index (χ2v) is 6.93. The molecule has 0 saturated carbocycles. The first kappa shape index (κ1) is 18.5. The predicted molar refractivity (Wildman–Crippen MR) is 80.1 cm³/mol. The lowest BCUT2D eigenvalue weighted by molar-refractivity contribution is -0.671. The van der Waals surface area contributed by atoms with Crippen molar-refractivity contribution in [1.29, 1.82) is 0 Å². The summed E-state index contributed by atoms with van der Waals surface area (Å²) < 4.78 is 29.2. The molecule has 0 aliphatic rings. The van der Waals surface area contributed by atoms with E-state index < -0.39 is 16.1 Å². The Hall–Kier alpha value is -1.57. The van der Waals surface area contributed by atoms with Crippen molar-refractivity contribution < 1.29 is 30.5 Å². The van der Waals surface area contributed by atoms with Crippen LogP contribution in [0, 0.1) is 0 Å². The fourth-order valence-electron chi connectivity index (χ4n) is 1.94. The third-order valence-electron chi connectivity index (χ3n) is 3.16. The number of halogens is 1.